The van der Waals surface area contributed by atoms with Crippen LogP contribution in [0.3, 0.4) is 0 Å². The number of aliphatic hydroxyl groups excluding tert-OH is 1. The van der Waals surface area contributed by atoms with Gasteiger partial charge in [0.15, 0.2) is 0 Å². The standard InChI is InChI=1S/C14H22N2O3S/c1-2-15-20(18,19)14-10-6-4-8-12(14)16-11-7-3-5-9-13(11)17/h4,6,8,10-11,13,15-17H,2-3,5,7,9H2,1H3. The molecule has 112 valence electrons. The van der Waals surface area contributed by atoms with Crippen molar-refractivity contribution in [2.24, 2.45) is 0 Å². The monoisotopic (exact) mass is 298 g/mol. The number of para-hydroxylation sites is 1. The van der Waals surface area contributed by atoms with Crippen LogP contribution in [0.25, 0.3) is 0 Å². The lowest BCUT2D eigenvalue weighted by atomic mass is 9.92. The summed E-state index contributed by atoms with van der Waals surface area (Å²) in [5, 5.41) is 13.2. The average molecular weight is 298 g/mol. The summed E-state index contributed by atoms with van der Waals surface area (Å²) in [7, 11) is -3.50. The number of nitrogens with one attached hydrogen (secondary N) is 2. The molecular formula is C14H22N2O3S. The van der Waals surface area contributed by atoms with Gasteiger partial charge in [0.1, 0.15) is 4.90 Å². The molecule has 1 aromatic rings. The van der Waals surface area contributed by atoms with Gasteiger partial charge in [-0.05, 0) is 25.0 Å². The summed E-state index contributed by atoms with van der Waals surface area (Å²) in [5.41, 5.74) is 0.555. The normalized spacial score (nSPS) is 23.5. The quantitative estimate of drug-likeness (QED) is 0.773. The number of hydrogen-bond donors (Lipinski definition) is 3. The van der Waals surface area contributed by atoms with Gasteiger partial charge in [-0.1, -0.05) is 31.9 Å². The van der Waals surface area contributed by atoms with E-state index in [1.165, 1.54) is 0 Å². The van der Waals surface area contributed by atoms with Gasteiger partial charge in [0.05, 0.1) is 17.8 Å². The van der Waals surface area contributed by atoms with Crippen molar-refractivity contribution in [3.05, 3.63) is 24.3 Å². The minimum absolute atomic E-state index is 0.0817. The maximum atomic E-state index is 12.2. The molecule has 1 saturated carbocycles. The predicted octanol–water partition coefficient (Wildman–Crippen LogP) is 1.70. The fourth-order valence-corrected chi connectivity index (χ4v) is 3.78. The van der Waals surface area contributed by atoms with Crippen molar-refractivity contribution in [3.63, 3.8) is 0 Å². The minimum atomic E-state index is -3.50. The number of benzene rings is 1. The van der Waals surface area contributed by atoms with Crippen LogP contribution in [-0.2, 0) is 10.0 Å². The summed E-state index contributed by atoms with van der Waals surface area (Å²) in [5.74, 6) is 0. The Morgan fingerprint density at radius 1 is 1.25 bits per heavy atom. The average Bonchev–Trinajstić information content (AvgIpc) is 2.42. The first-order chi connectivity index (χ1) is 9.54. The smallest absolute Gasteiger partial charge is 0.242 e. The van der Waals surface area contributed by atoms with Crippen molar-refractivity contribution in [2.45, 2.75) is 49.6 Å². The lowest BCUT2D eigenvalue weighted by molar-refractivity contribution is 0.116. The molecule has 0 saturated heterocycles. The Bertz CT molecular complexity index is 545. The Morgan fingerprint density at radius 3 is 2.65 bits per heavy atom. The second kappa shape index (κ2) is 6.56. The van der Waals surface area contributed by atoms with E-state index in [4.69, 9.17) is 0 Å². The second-order valence-corrected chi connectivity index (χ2v) is 6.84. The number of aliphatic hydroxyl groups is 1. The van der Waals surface area contributed by atoms with E-state index in [9.17, 15) is 13.5 Å². The molecule has 0 bridgehead atoms. The molecule has 1 aliphatic carbocycles. The Balaban J connectivity index is 2.24. The van der Waals surface area contributed by atoms with Crippen LogP contribution in [0.15, 0.2) is 29.2 Å². The van der Waals surface area contributed by atoms with Crippen LogP contribution in [0.1, 0.15) is 32.6 Å². The molecule has 0 heterocycles. The first kappa shape index (κ1) is 15.3. The Kier molecular flexibility index (Phi) is 5.01. The lowest BCUT2D eigenvalue weighted by Gasteiger charge is -2.29. The van der Waals surface area contributed by atoms with Crippen LogP contribution >= 0.6 is 0 Å². The molecule has 0 aromatic heterocycles. The van der Waals surface area contributed by atoms with Crippen molar-refractivity contribution < 1.29 is 13.5 Å². The first-order valence-electron chi connectivity index (χ1n) is 7.08. The highest BCUT2D eigenvalue weighted by Gasteiger charge is 2.25. The zero-order chi connectivity index (χ0) is 14.6. The first-order valence-corrected chi connectivity index (χ1v) is 8.56. The molecule has 2 atom stereocenters. The lowest BCUT2D eigenvalue weighted by Crippen LogP contribution is -2.37. The third kappa shape index (κ3) is 3.50. The minimum Gasteiger partial charge on any atom is -0.391 e. The van der Waals surface area contributed by atoms with Gasteiger partial charge in [-0.15, -0.1) is 0 Å². The Hall–Kier alpha value is -1.11. The highest BCUT2D eigenvalue weighted by atomic mass is 32.2. The fraction of sp³-hybridized carbons (Fsp3) is 0.571. The number of anilines is 1. The van der Waals surface area contributed by atoms with Gasteiger partial charge in [-0.3, -0.25) is 0 Å². The van der Waals surface area contributed by atoms with Crippen molar-refractivity contribution in [1.29, 1.82) is 0 Å². The summed E-state index contributed by atoms with van der Waals surface area (Å²) in [6.45, 7) is 2.10. The molecule has 0 radical (unpaired) electrons. The Labute approximate surface area is 120 Å². The van der Waals surface area contributed by atoms with Crippen LogP contribution in [0.2, 0.25) is 0 Å². The zero-order valence-corrected chi connectivity index (χ0v) is 12.5. The second-order valence-electron chi connectivity index (χ2n) is 5.10. The number of hydrogen-bond acceptors (Lipinski definition) is 4. The maximum absolute atomic E-state index is 12.2. The van der Waals surface area contributed by atoms with Crippen LogP contribution in [-0.4, -0.2) is 32.2 Å². The fourth-order valence-electron chi connectivity index (χ4n) is 2.57. The van der Waals surface area contributed by atoms with Crippen molar-refractivity contribution in [2.75, 3.05) is 11.9 Å². The largest absolute Gasteiger partial charge is 0.391 e. The molecule has 0 spiro atoms. The molecule has 1 fully saturated rings. The topological polar surface area (TPSA) is 78.4 Å². The molecular weight excluding hydrogens is 276 g/mol. The van der Waals surface area contributed by atoms with E-state index in [-0.39, 0.29) is 10.9 Å². The third-order valence-corrected chi connectivity index (χ3v) is 5.19. The molecule has 1 aliphatic rings. The zero-order valence-electron chi connectivity index (χ0n) is 11.7. The molecule has 5 nitrogen and oxygen atoms in total. The van der Waals surface area contributed by atoms with Crippen LogP contribution in [0.5, 0.6) is 0 Å². The highest BCUT2D eigenvalue weighted by Crippen LogP contribution is 2.26. The number of rotatable bonds is 5. The van der Waals surface area contributed by atoms with Gasteiger partial charge in [0.2, 0.25) is 10.0 Å². The molecule has 2 unspecified atom stereocenters. The molecule has 2 rings (SSSR count). The molecule has 1 aromatic carbocycles. The molecule has 20 heavy (non-hydrogen) atoms. The van der Waals surface area contributed by atoms with E-state index in [1.54, 1.807) is 31.2 Å². The van der Waals surface area contributed by atoms with E-state index < -0.39 is 16.1 Å². The highest BCUT2D eigenvalue weighted by molar-refractivity contribution is 7.89. The van der Waals surface area contributed by atoms with Gasteiger partial charge in [-0.25, -0.2) is 13.1 Å². The molecule has 3 N–H and O–H groups in total. The third-order valence-electron chi connectivity index (χ3n) is 3.58. The SMILES string of the molecule is CCNS(=O)(=O)c1ccccc1NC1CCCCC1O. The Morgan fingerprint density at radius 2 is 1.95 bits per heavy atom. The van der Waals surface area contributed by atoms with Crippen LogP contribution in [0, 0.1) is 0 Å². The van der Waals surface area contributed by atoms with Crippen LogP contribution < -0.4 is 10.0 Å². The van der Waals surface area contributed by atoms with E-state index in [0.29, 0.717) is 12.2 Å². The van der Waals surface area contributed by atoms with Gasteiger partial charge in [0, 0.05) is 6.54 Å². The van der Waals surface area contributed by atoms with Crippen molar-refractivity contribution in [3.8, 4) is 0 Å². The van der Waals surface area contributed by atoms with E-state index >= 15 is 0 Å². The number of sulfonamides is 1. The van der Waals surface area contributed by atoms with Gasteiger partial charge >= 0.3 is 0 Å². The molecule has 6 heteroatoms. The summed E-state index contributed by atoms with van der Waals surface area (Å²) >= 11 is 0. The van der Waals surface area contributed by atoms with Gasteiger partial charge < -0.3 is 10.4 Å². The van der Waals surface area contributed by atoms with Gasteiger partial charge in [-0.2, -0.15) is 0 Å². The predicted molar refractivity (Wildman–Crippen MR) is 79.2 cm³/mol. The summed E-state index contributed by atoms with van der Waals surface area (Å²) < 4.78 is 26.8. The molecule has 0 amide bonds. The van der Waals surface area contributed by atoms with E-state index in [2.05, 4.69) is 10.0 Å². The van der Waals surface area contributed by atoms with Crippen LogP contribution in [0.4, 0.5) is 5.69 Å². The molecule has 0 aliphatic heterocycles. The van der Waals surface area contributed by atoms with E-state index in [1.807, 2.05) is 0 Å². The summed E-state index contributed by atoms with van der Waals surface area (Å²) in [6, 6.07) is 6.73. The van der Waals surface area contributed by atoms with Gasteiger partial charge in [0.25, 0.3) is 0 Å². The van der Waals surface area contributed by atoms with Crippen molar-refractivity contribution >= 4 is 15.7 Å². The summed E-state index contributed by atoms with van der Waals surface area (Å²) in [4.78, 5) is 0.236. The van der Waals surface area contributed by atoms with Crippen molar-refractivity contribution in [1.82, 2.24) is 4.72 Å². The maximum Gasteiger partial charge on any atom is 0.242 e. The summed E-state index contributed by atoms with van der Waals surface area (Å²) in [6.07, 6.45) is 3.28. The van der Waals surface area contributed by atoms with E-state index in [0.717, 1.165) is 25.7 Å².